The van der Waals surface area contributed by atoms with Crippen LogP contribution in [0.3, 0.4) is 0 Å². The van der Waals surface area contributed by atoms with E-state index in [-0.39, 0.29) is 0 Å². The largest absolute Gasteiger partial charge is 0.372 e. The Morgan fingerprint density at radius 1 is 1.04 bits per heavy atom. The predicted molar refractivity (Wildman–Crippen MR) is 114 cm³/mol. The van der Waals surface area contributed by atoms with E-state index >= 15 is 0 Å². The molecule has 2 aromatic carbocycles. The van der Waals surface area contributed by atoms with E-state index in [0.717, 1.165) is 40.4 Å². The normalized spacial score (nSPS) is 14.1. The van der Waals surface area contributed by atoms with Gasteiger partial charge in [-0.1, -0.05) is 18.2 Å². The average Bonchev–Trinajstić information content (AvgIpc) is 2.74. The van der Waals surface area contributed by atoms with Gasteiger partial charge in [0.05, 0.1) is 11.2 Å². The fraction of sp³-hybridized carbons (Fsp3) is 0.273. The smallest absolute Gasteiger partial charge is 0.116 e. The van der Waals surface area contributed by atoms with Gasteiger partial charge in [0.2, 0.25) is 0 Å². The number of hydrogen-bond donors (Lipinski definition) is 1. The van der Waals surface area contributed by atoms with Crippen LogP contribution < -0.4 is 10.2 Å². The maximum Gasteiger partial charge on any atom is 0.116 e. The minimum atomic E-state index is 0.598. The fourth-order valence-corrected chi connectivity index (χ4v) is 4.16. The van der Waals surface area contributed by atoms with Crippen molar-refractivity contribution in [1.82, 2.24) is 4.98 Å². The van der Waals surface area contributed by atoms with E-state index in [2.05, 4.69) is 45.5 Å². The molecule has 1 aliphatic heterocycles. The van der Waals surface area contributed by atoms with Gasteiger partial charge < -0.3 is 10.2 Å². The predicted octanol–water partition coefficient (Wildman–Crippen LogP) is 5.56. The van der Waals surface area contributed by atoms with Crippen molar-refractivity contribution in [3.05, 3.63) is 54.1 Å². The monoisotopic (exact) mass is 374 g/mol. The zero-order valence-electron chi connectivity index (χ0n) is 15.4. The quantitative estimate of drug-likeness (QED) is 0.606. The number of rotatable bonds is 4. The summed E-state index contributed by atoms with van der Waals surface area (Å²) in [5.41, 5.74) is 4.58. The molecule has 136 valence electrons. The molecule has 0 radical (unpaired) electrons. The lowest BCUT2D eigenvalue weighted by Crippen LogP contribution is -2.29. The lowest BCUT2D eigenvalue weighted by Gasteiger charge is -2.29. The van der Waals surface area contributed by atoms with Crippen LogP contribution in [-0.2, 0) is 0 Å². The third kappa shape index (κ3) is 3.58. The molecule has 3 aromatic rings. The summed E-state index contributed by atoms with van der Waals surface area (Å²) in [4.78, 5) is 7.08. The van der Waals surface area contributed by atoms with Crippen molar-refractivity contribution in [2.24, 2.45) is 0 Å². The first-order valence-corrected chi connectivity index (χ1v) is 10.5. The highest BCUT2D eigenvalue weighted by atomic mass is 32.2. The molecule has 0 aliphatic carbocycles. The topological polar surface area (TPSA) is 52.0 Å². The van der Waals surface area contributed by atoms with Crippen LogP contribution in [-0.4, -0.2) is 24.3 Å². The summed E-state index contributed by atoms with van der Waals surface area (Å²) in [6, 6.07) is 18.8. The number of anilines is 3. The highest BCUT2D eigenvalue weighted by Gasteiger charge is 2.15. The van der Waals surface area contributed by atoms with Crippen LogP contribution in [0.15, 0.2) is 53.6 Å². The Bertz CT molecular complexity index is 986. The Kier molecular flexibility index (Phi) is 5.17. The van der Waals surface area contributed by atoms with Gasteiger partial charge in [-0.05, 0) is 55.9 Å². The molecule has 1 aliphatic rings. The molecular weight excluding hydrogens is 352 g/mol. The van der Waals surface area contributed by atoms with Crippen molar-refractivity contribution in [2.75, 3.05) is 29.6 Å². The third-order valence-electron chi connectivity index (χ3n) is 5.02. The van der Waals surface area contributed by atoms with Gasteiger partial charge in [0.25, 0.3) is 0 Å². The Labute approximate surface area is 164 Å². The second kappa shape index (κ2) is 7.89. The van der Waals surface area contributed by atoms with Gasteiger partial charge in [-0.15, -0.1) is 11.8 Å². The van der Waals surface area contributed by atoms with E-state index in [1.165, 1.54) is 36.7 Å². The zero-order valence-corrected chi connectivity index (χ0v) is 16.2. The van der Waals surface area contributed by atoms with E-state index in [9.17, 15) is 5.26 Å². The highest BCUT2D eigenvalue weighted by molar-refractivity contribution is 7.98. The van der Waals surface area contributed by atoms with Crippen LogP contribution in [0.1, 0.15) is 24.8 Å². The number of thioether (sulfide) groups is 1. The maximum atomic E-state index is 9.73. The molecule has 5 heteroatoms. The molecule has 27 heavy (non-hydrogen) atoms. The van der Waals surface area contributed by atoms with Gasteiger partial charge >= 0.3 is 0 Å². The van der Waals surface area contributed by atoms with E-state index in [1.54, 1.807) is 0 Å². The van der Waals surface area contributed by atoms with E-state index in [0.29, 0.717) is 5.56 Å². The Morgan fingerprint density at radius 2 is 1.78 bits per heavy atom. The summed E-state index contributed by atoms with van der Waals surface area (Å²) in [6.45, 7) is 2.27. The van der Waals surface area contributed by atoms with Gasteiger partial charge in [0, 0.05) is 29.9 Å². The van der Waals surface area contributed by atoms with Crippen LogP contribution >= 0.6 is 11.8 Å². The van der Waals surface area contributed by atoms with E-state index in [4.69, 9.17) is 0 Å². The van der Waals surface area contributed by atoms with Gasteiger partial charge in [-0.2, -0.15) is 5.26 Å². The molecule has 0 bridgehead atoms. The number of nitrogens with one attached hydrogen (secondary N) is 1. The molecule has 0 saturated carbocycles. The van der Waals surface area contributed by atoms with Crippen molar-refractivity contribution in [2.45, 2.75) is 24.3 Å². The Hall–Kier alpha value is -2.71. The molecule has 0 spiro atoms. The highest BCUT2D eigenvalue weighted by Crippen LogP contribution is 2.34. The summed E-state index contributed by atoms with van der Waals surface area (Å²) in [5.74, 6) is 0. The Morgan fingerprint density at radius 3 is 2.48 bits per heavy atom. The number of pyridine rings is 1. The first kappa shape index (κ1) is 17.7. The van der Waals surface area contributed by atoms with Crippen LogP contribution in [0.25, 0.3) is 10.9 Å². The maximum absolute atomic E-state index is 9.73. The first-order chi connectivity index (χ1) is 13.3. The summed E-state index contributed by atoms with van der Waals surface area (Å²) >= 11 is 1.50. The number of aromatic nitrogens is 1. The molecule has 1 fully saturated rings. The van der Waals surface area contributed by atoms with Crippen molar-refractivity contribution < 1.29 is 0 Å². The molecule has 0 unspecified atom stereocenters. The van der Waals surface area contributed by atoms with Crippen LogP contribution in [0.4, 0.5) is 17.1 Å². The molecule has 1 aromatic heterocycles. The summed E-state index contributed by atoms with van der Waals surface area (Å²) in [7, 11) is 0. The molecule has 0 atom stereocenters. The number of hydrogen-bond acceptors (Lipinski definition) is 5. The molecule has 1 N–H and O–H groups in total. The number of nitrogens with zero attached hydrogens (tertiary/aromatic N) is 3. The standard InChI is InChI=1S/C22H22N4S/c1-27-22-19(15-23)21(18-7-3-4-8-20(18)25-22)24-16-9-11-17(12-10-16)26-13-5-2-6-14-26/h3-4,7-12H,2,5-6,13-14H2,1H3,(H,24,25). The van der Waals surface area contributed by atoms with Crippen molar-refractivity contribution in [3.63, 3.8) is 0 Å². The fourth-order valence-electron chi connectivity index (χ4n) is 3.62. The summed E-state index contributed by atoms with van der Waals surface area (Å²) in [6.07, 6.45) is 5.83. The number of fused-ring (bicyclic) bond motifs is 1. The molecule has 1 saturated heterocycles. The van der Waals surface area contributed by atoms with Crippen LogP contribution in [0, 0.1) is 11.3 Å². The van der Waals surface area contributed by atoms with Gasteiger partial charge in [-0.25, -0.2) is 4.98 Å². The second-order valence-electron chi connectivity index (χ2n) is 6.72. The lowest BCUT2D eigenvalue weighted by atomic mass is 10.1. The van der Waals surface area contributed by atoms with Crippen molar-refractivity contribution in [3.8, 4) is 6.07 Å². The number of piperidine rings is 1. The van der Waals surface area contributed by atoms with Crippen LogP contribution in [0.5, 0.6) is 0 Å². The summed E-state index contributed by atoms with van der Waals surface area (Å²) in [5, 5.41) is 14.9. The molecule has 4 rings (SSSR count). The number of nitriles is 1. The molecule has 4 nitrogen and oxygen atoms in total. The zero-order chi connectivity index (χ0) is 18.6. The molecule has 2 heterocycles. The number of benzene rings is 2. The second-order valence-corrected chi connectivity index (χ2v) is 7.51. The number of para-hydroxylation sites is 1. The van der Waals surface area contributed by atoms with Gasteiger partial charge in [0.1, 0.15) is 16.7 Å². The average molecular weight is 375 g/mol. The van der Waals surface area contributed by atoms with Crippen molar-refractivity contribution >= 4 is 39.7 Å². The minimum Gasteiger partial charge on any atom is -0.372 e. The summed E-state index contributed by atoms with van der Waals surface area (Å²) < 4.78 is 0. The first-order valence-electron chi connectivity index (χ1n) is 9.29. The van der Waals surface area contributed by atoms with Crippen molar-refractivity contribution in [1.29, 1.82) is 5.26 Å². The van der Waals surface area contributed by atoms with Gasteiger partial charge in [-0.3, -0.25) is 0 Å². The minimum absolute atomic E-state index is 0.598. The third-order valence-corrected chi connectivity index (χ3v) is 5.70. The molecular formula is C22H22N4S. The Balaban J connectivity index is 1.69. The lowest BCUT2D eigenvalue weighted by molar-refractivity contribution is 0.578. The SMILES string of the molecule is CSc1nc2ccccc2c(Nc2ccc(N3CCCCC3)cc2)c1C#N. The molecule has 0 amide bonds. The van der Waals surface area contributed by atoms with E-state index in [1.807, 2.05) is 30.5 Å². The van der Waals surface area contributed by atoms with Crippen LogP contribution in [0.2, 0.25) is 0 Å². The van der Waals surface area contributed by atoms with Gasteiger partial charge in [0.15, 0.2) is 0 Å². The van der Waals surface area contributed by atoms with E-state index < -0.39 is 0 Å².